The Labute approximate surface area is 158 Å². The summed E-state index contributed by atoms with van der Waals surface area (Å²) in [7, 11) is 2.79. The standard InChI is InChI=1S/C21H23NO5/c1-21(2,3)19(24)14-8-6-13(7-9-14)18(23)17-12-15(26-4)10-11-16(17)20(25)22-27-5/h6-12H,1-5H3,(H,22,25). The number of hydrogen-bond donors (Lipinski definition) is 1. The Morgan fingerprint density at radius 1 is 0.852 bits per heavy atom. The second kappa shape index (κ2) is 8.14. The molecular weight excluding hydrogens is 346 g/mol. The molecule has 0 fully saturated rings. The molecule has 0 spiro atoms. The molecule has 0 saturated carbocycles. The van der Waals surface area contributed by atoms with Gasteiger partial charge in [0.1, 0.15) is 5.75 Å². The number of carbonyl (C=O) groups is 3. The van der Waals surface area contributed by atoms with E-state index < -0.39 is 11.3 Å². The smallest absolute Gasteiger partial charge is 0.275 e. The van der Waals surface area contributed by atoms with E-state index in [-0.39, 0.29) is 22.7 Å². The Bertz CT molecular complexity index is 863. The van der Waals surface area contributed by atoms with Crippen molar-refractivity contribution in [3.8, 4) is 5.75 Å². The Kier molecular flexibility index (Phi) is 6.13. The van der Waals surface area contributed by atoms with Crippen molar-refractivity contribution in [2.24, 2.45) is 5.41 Å². The lowest BCUT2D eigenvalue weighted by Crippen LogP contribution is -2.24. The zero-order chi connectivity index (χ0) is 20.2. The van der Waals surface area contributed by atoms with E-state index in [9.17, 15) is 14.4 Å². The number of Topliss-reactive ketones (excluding diaryl/α,β-unsaturated/α-hetero) is 1. The highest BCUT2D eigenvalue weighted by Gasteiger charge is 2.24. The molecule has 0 heterocycles. The third kappa shape index (κ3) is 4.60. The zero-order valence-electron chi connectivity index (χ0n) is 16.1. The fourth-order valence-corrected chi connectivity index (χ4v) is 2.55. The number of hydroxylamine groups is 1. The summed E-state index contributed by atoms with van der Waals surface area (Å²) in [5.74, 6) is -0.456. The number of ketones is 2. The second-order valence-electron chi connectivity index (χ2n) is 7.03. The highest BCUT2D eigenvalue weighted by atomic mass is 16.6. The van der Waals surface area contributed by atoms with Crippen LogP contribution in [0.2, 0.25) is 0 Å². The molecule has 0 saturated heterocycles. The van der Waals surface area contributed by atoms with Gasteiger partial charge in [0.05, 0.1) is 19.8 Å². The summed E-state index contributed by atoms with van der Waals surface area (Å²) in [6, 6.07) is 11.0. The molecule has 0 aliphatic heterocycles. The van der Waals surface area contributed by atoms with E-state index in [1.54, 1.807) is 30.3 Å². The van der Waals surface area contributed by atoms with E-state index >= 15 is 0 Å². The van der Waals surface area contributed by atoms with Gasteiger partial charge in [-0.3, -0.25) is 19.2 Å². The maximum absolute atomic E-state index is 13.0. The lowest BCUT2D eigenvalue weighted by Gasteiger charge is -2.16. The number of ether oxygens (including phenoxy) is 1. The van der Waals surface area contributed by atoms with Gasteiger partial charge in [0.2, 0.25) is 0 Å². The molecule has 6 heteroatoms. The Balaban J connectivity index is 2.42. The van der Waals surface area contributed by atoms with Crippen LogP contribution < -0.4 is 10.2 Å². The minimum Gasteiger partial charge on any atom is -0.497 e. The van der Waals surface area contributed by atoms with Crippen LogP contribution in [0.25, 0.3) is 0 Å². The quantitative estimate of drug-likeness (QED) is 0.623. The van der Waals surface area contributed by atoms with E-state index in [1.807, 2.05) is 20.8 Å². The summed E-state index contributed by atoms with van der Waals surface area (Å²) in [6.07, 6.45) is 0. The number of methoxy groups -OCH3 is 1. The topological polar surface area (TPSA) is 81.7 Å². The predicted molar refractivity (Wildman–Crippen MR) is 101 cm³/mol. The van der Waals surface area contributed by atoms with Gasteiger partial charge >= 0.3 is 0 Å². The van der Waals surface area contributed by atoms with Crippen molar-refractivity contribution >= 4 is 17.5 Å². The lowest BCUT2D eigenvalue weighted by molar-refractivity contribution is 0.0535. The van der Waals surface area contributed by atoms with Gasteiger partial charge in [-0.05, 0) is 18.2 Å². The summed E-state index contributed by atoms with van der Waals surface area (Å²) >= 11 is 0. The molecule has 0 aromatic heterocycles. The summed E-state index contributed by atoms with van der Waals surface area (Å²) in [5.41, 5.74) is 2.93. The van der Waals surface area contributed by atoms with Gasteiger partial charge in [0, 0.05) is 22.1 Å². The summed E-state index contributed by atoms with van der Waals surface area (Å²) in [4.78, 5) is 42.1. The Hall–Kier alpha value is -2.99. The molecule has 6 nitrogen and oxygen atoms in total. The second-order valence-corrected chi connectivity index (χ2v) is 7.03. The molecule has 2 rings (SSSR count). The van der Waals surface area contributed by atoms with Crippen LogP contribution in [0.4, 0.5) is 0 Å². The van der Waals surface area contributed by atoms with Crippen LogP contribution in [0.3, 0.4) is 0 Å². The molecule has 2 aromatic rings. The Morgan fingerprint density at radius 2 is 1.44 bits per heavy atom. The van der Waals surface area contributed by atoms with Crippen LogP contribution >= 0.6 is 0 Å². The number of rotatable bonds is 6. The number of amides is 1. The lowest BCUT2D eigenvalue weighted by atomic mass is 9.86. The van der Waals surface area contributed by atoms with Crippen LogP contribution in [-0.2, 0) is 4.84 Å². The maximum Gasteiger partial charge on any atom is 0.275 e. The van der Waals surface area contributed by atoms with Crippen molar-refractivity contribution in [1.29, 1.82) is 0 Å². The normalized spacial score (nSPS) is 11.0. The summed E-state index contributed by atoms with van der Waals surface area (Å²) < 4.78 is 5.16. The molecule has 0 aliphatic carbocycles. The minimum atomic E-state index is -0.539. The largest absolute Gasteiger partial charge is 0.497 e. The first-order valence-corrected chi connectivity index (χ1v) is 8.40. The first-order valence-electron chi connectivity index (χ1n) is 8.40. The van der Waals surface area contributed by atoms with Crippen LogP contribution in [-0.4, -0.2) is 31.7 Å². The molecule has 2 aromatic carbocycles. The molecule has 0 bridgehead atoms. The van der Waals surface area contributed by atoms with Crippen molar-refractivity contribution in [1.82, 2.24) is 5.48 Å². The van der Waals surface area contributed by atoms with Crippen molar-refractivity contribution < 1.29 is 24.0 Å². The SMILES string of the molecule is CONC(=O)c1ccc(OC)cc1C(=O)c1ccc(C(=O)C(C)(C)C)cc1. The Morgan fingerprint density at radius 3 is 1.96 bits per heavy atom. The van der Waals surface area contributed by atoms with Crippen LogP contribution in [0, 0.1) is 5.41 Å². The number of nitrogens with one attached hydrogen (secondary N) is 1. The average molecular weight is 369 g/mol. The van der Waals surface area contributed by atoms with Crippen molar-refractivity contribution in [2.75, 3.05) is 14.2 Å². The number of benzene rings is 2. The first kappa shape index (κ1) is 20.3. The molecule has 27 heavy (non-hydrogen) atoms. The van der Waals surface area contributed by atoms with E-state index in [4.69, 9.17) is 4.74 Å². The van der Waals surface area contributed by atoms with Crippen LogP contribution in [0.15, 0.2) is 42.5 Å². The van der Waals surface area contributed by atoms with Gasteiger partial charge < -0.3 is 4.74 Å². The van der Waals surface area contributed by atoms with E-state index in [0.29, 0.717) is 16.9 Å². The highest BCUT2D eigenvalue weighted by molar-refractivity contribution is 6.15. The number of hydrogen-bond acceptors (Lipinski definition) is 5. The fraction of sp³-hybridized carbons (Fsp3) is 0.286. The molecule has 0 unspecified atom stereocenters. The van der Waals surface area contributed by atoms with E-state index in [2.05, 4.69) is 10.3 Å². The molecule has 1 N–H and O–H groups in total. The van der Waals surface area contributed by atoms with Crippen molar-refractivity contribution in [3.05, 3.63) is 64.7 Å². The predicted octanol–water partition coefficient (Wildman–Crippen LogP) is 3.45. The first-order chi connectivity index (χ1) is 12.7. The average Bonchev–Trinajstić information content (AvgIpc) is 2.66. The molecule has 0 radical (unpaired) electrons. The van der Waals surface area contributed by atoms with Gasteiger partial charge in [-0.25, -0.2) is 5.48 Å². The monoisotopic (exact) mass is 369 g/mol. The van der Waals surface area contributed by atoms with Crippen LogP contribution in [0.5, 0.6) is 5.75 Å². The van der Waals surface area contributed by atoms with Crippen molar-refractivity contribution in [3.63, 3.8) is 0 Å². The molecule has 142 valence electrons. The summed E-state index contributed by atoms with van der Waals surface area (Å²) in [5, 5.41) is 0. The van der Waals surface area contributed by atoms with Gasteiger partial charge in [-0.2, -0.15) is 0 Å². The van der Waals surface area contributed by atoms with E-state index in [0.717, 1.165) is 0 Å². The third-order valence-corrected chi connectivity index (χ3v) is 4.00. The molecule has 0 atom stereocenters. The summed E-state index contributed by atoms with van der Waals surface area (Å²) in [6.45, 7) is 5.52. The molecule has 1 amide bonds. The zero-order valence-corrected chi connectivity index (χ0v) is 16.1. The molecular formula is C21H23NO5. The van der Waals surface area contributed by atoms with Gasteiger partial charge in [0.15, 0.2) is 11.6 Å². The molecule has 0 aliphatic rings. The van der Waals surface area contributed by atoms with Gasteiger partial charge in [-0.15, -0.1) is 0 Å². The van der Waals surface area contributed by atoms with E-state index in [1.165, 1.54) is 26.4 Å². The minimum absolute atomic E-state index is 0.0111. The maximum atomic E-state index is 13.0. The van der Waals surface area contributed by atoms with Gasteiger partial charge in [0.25, 0.3) is 5.91 Å². The highest BCUT2D eigenvalue weighted by Crippen LogP contribution is 2.24. The van der Waals surface area contributed by atoms with Gasteiger partial charge in [-0.1, -0.05) is 45.0 Å². The van der Waals surface area contributed by atoms with Crippen LogP contribution in [0.1, 0.15) is 57.4 Å². The number of carbonyl (C=O) groups excluding carboxylic acids is 3. The fourth-order valence-electron chi connectivity index (χ4n) is 2.55. The van der Waals surface area contributed by atoms with Crippen molar-refractivity contribution in [2.45, 2.75) is 20.8 Å². The third-order valence-electron chi connectivity index (χ3n) is 4.00.